The van der Waals surface area contributed by atoms with Gasteiger partial charge >= 0.3 is 0 Å². The van der Waals surface area contributed by atoms with Crippen molar-refractivity contribution in [3.05, 3.63) is 35.2 Å². The van der Waals surface area contributed by atoms with E-state index in [-0.39, 0.29) is 0 Å². The van der Waals surface area contributed by atoms with E-state index in [4.69, 9.17) is 16.1 Å². The molecule has 0 N–H and O–H groups in total. The van der Waals surface area contributed by atoms with Crippen LogP contribution in [0.2, 0.25) is 5.02 Å². The summed E-state index contributed by atoms with van der Waals surface area (Å²) >= 11 is 5.89. The Morgan fingerprint density at radius 1 is 1.17 bits per heavy atom. The van der Waals surface area contributed by atoms with Gasteiger partial charge in [-0.25, -0.2) is 0 Å². The number of halogens is 1. The van der Waals surface area contributed by atoms with Crippen LogP contribution in [0.15, 0.2) is 28.8 Å². The minimum atomic E-state index is 0.300. The van der Waals surface area contributed by atoms with Crippen molar-refractivity contribution in [1.29, 1.82) is 0 Å². The normalized spacial score (nSPS) is 18.8. The van der Waals surface area contributed by atoms with E-state index in [1.54, 1.807) is 0 Å². The van der Waals surface area contributed by atoms with Gasteiger partial charge in [0.05, 0.1) is 6.54 Å². The number of piperazine rings is 1. The molecule has 24 heavy (non-hydrogen) atoms. The largest absolute Gasteiger partial charge is 0.340 e. The summed E-state index contributed by atoms with van der Waals surface area (Å²) in [5.74, 6) is 1.80. The Labute approximate surface area is 145 Å². The highest BCUT2D eigenvalue weighted by Gasteiger charge is 2.34. The number of amides is 1. The zero-order valence-corrected chi connectivity index (χ0v) is 14.1. The standard InChI is InChI=1S/C17H19ClN4O2/c18-14-5-3-12(4-6-14)16-19-15(24-20-16)11-21-7-9-22(10-8-21)17(23)13-1-2-13/h3-6,13H,1-2,7-11H2. The van der Waals surface area contributed by atoms with Gasteiger partial charge in [-0.3, -0.25) is 9.69 Å². The predicted molar refractivity (Wildman–Crippen MR) is 89.3 cm³/mol. The second-order valence-corrected chi connectivity index (χ2v) is 6.83. The molecule has 0 spiro atoms. The van der Waals surface area contributed by atoms with Crippen LogP contribution in [-0.2, 0) is 11.3 Å². The molecule has 126 valence electrons. The fourth-order valence-electron chi connectivity index (χ4n) is 2.94. The van der Waals surface area contributed by atoms with Gasteiger partial charge in [-0.1, -0.05) is 16.8 Å². The lowest BCUT2D eigenvalue weighted by molar-refractivity contribution is -0.134. The van der Waals surface area contributed by atoms with Crippen molar-refractivity contribution >= 4 is 17.5 Å². The Morgan fingerprint density at radius 3 is 2.54 bits per heavy atom. The maximum atomic E-state index is 12.1. The summed E-state index contributed by atoms with van der Waals surface area (Å²) in [6.45, 7) is 3.88. The summed E-state index contributed by atoms with van der Waals surface area (Å²) < 4.78 is 5.36. The van der Waals surface area contributed by atoms with Crippen LogP contribution in [0.5, 0.6) is 0 Å². The molecule has 1 saturated heterocycles. The zero-order chi connectivity index (χ0) is 16.5. The van der Waals surface area contributed by atoms with E-state index >= 15 is 0 Å². The van der Waals surface area contributed by atoms with Gasteiger partial charge in [0.2, 0.25) is 17.6 Å². The van der Waals surface area contributed by atoms with Gasteiger partial charge in [0.15, 0.2) is 0 Å². The van der Waals surface area contributed by atoms with Crippen molar-refractivity contribution in [2.45, 2.75) is 19.4 Å². The summed E-state index contributed by atoms with van der Waals surface area (Å²) in [4.78, 5) is 20.8. The number of benzene rings is 1. The van der Waals surface area contributed by atoms with Crippen LogP contribution >= 0.6 is 11.6 Å². The summed E-state index contributed by atoms with van der Waals surface area (Å²) in [5, 5.41) is 4.72. The number of rotatable bonds is 4. The van der Waals surface area contributed by atoms with Crippen LogP contribution in [0.3, 0.4) is 0 Å². The molecule has 2 heterocycles. The van der Waals surface area contributed by atoms with E-state index < -0.39 is 0 Å². The molecular formula is C17H19ClN4O2. The molecule has 0 unspecified atom stereocenters. The predicted octanol–water partition coefficient (Wildman–Crippen LogP) is 2.44. The monoisotopic (exact) mass is 346 g/mol. The molecule has 7 heteroatoms. The third-order valence-electron chi connectivity index (χ3n) is 4.54. The summed E-state index contributed by atoms with van der Waals surface area (Å²) in [7, 11) is 0. The van der Waals surface area contributed by atoms with Crippen molar-refractivity contribution < 1.29 is 9.32 Å². The zero-order valence-electron chi connectivity index (χ0n) is 13.3. The summed E-state index contributed by atoms with van der Waals surface area (Å²) in [6.07, 6.45) is 2.13. The van der Waals surface area contributed by atoms with Crippen LogP contribution in [0, 0.1) is 5.92 Å². The van der Waals surface area contributed by atoms with Gasteiger partial charge < -0.3 is 9.42 Å². The van der Waals surface area contributed by atoms with Crippen molar-refractivity contribution in [1.82, 2.24) is 19.9 Å². The summed E-state index contributed by atoms with van der Waals surface area (Å²) in [6, 6.07) is 7.37. The second-order valence-electron chi connectivity index (χ2n) is 6.39. The second kappa shape index (κ2) is 6.53. The Balaban J connectivity index is 1.33. The SMILES string of the molecule is O=C(C1CC1)N1CCN(Cc2nc(-c3ccc(Cl)cc3)no2)CC1. The highest BCUT2D eigenvalue weighted by molar-refractivity contribution is 6.30. The van der Waals surface area contributed by atoms with Gasteiger partial charge in [-0.05, 0) is 37.1 Å². The third kappa shape index (κ3) is 3.44. The van der Waals surface area contributed by atoms with Crippen LogP contribution < -0.4 is 0 Å². The van der Waals surface area contributed by atoms with Crippen molar-refractivity contribution in [3.8, 4) is 11.4 Å². The Kier molecular flexibility index (Phi) is 4.24. The molecule has 1 aliphatic carbocycles. The number of carbonyl (C=O) groups is 1. The molecule has 4 rings (SSSR count). The minimum absolute atomic E-state index is 0.300. The highest BCUT2D eigenvalue weighted by atomic mass is 35.5. The first-order chi connectivity index (χ1) is 11.7. The van der Waals surface area contributed by atoms with Gasteiger partial charge in [0, 0.05) is 42.7 Å². The number of nitrogens with zero attached hydrogens (tertiary/aromatic N) is 4. The van der Waals surface area contributed by atoms with E-state index in [1.807, 2.05) is 29.2 Å². The molecule has 0 bridgehead atoms. The average molecular weight is 347 g/mol. The van der Waals surface area contributed by atoms with E-state index in [0.717, 1.165) is 44.6 Å². The molecule has 6 nitrogen and oxygen atoms in total. The highest BCUT2D eigenvalue weighted by Crippen LogP contribution is 2.31. The van der Waals surface area contributed by atoms with Gasteiger partial charge in [-0.2, -0.15) is 4.98 Å². The lowest BCUT2D eigenvalue weighted by Gasteiger charge is -2.34. The minimum Gasteiger partial charge on any atom is -0.340 e. The lowest BCUT2D eigenvalue weighted by atomic mass is 10.2. The maximum absolute atomic E-state index is 12.1. The van der Waals surface area contributed by atoms with Gasteiger partial charge in [0.1, 0.15) is 0 Å². The number of carbonyl (C=O) groups excluding carboxylic acids is 1. The van der Waals surface area contributed by atoms with Crippen LogP contribution in [0.1, 0.15) is 18.7 Å². The molecule has 0 radical (unpaired) electrons. The number of hydrogen-bond donors (Lipinski definition) is 0. The first-order valence-corrected chi connectivity index (χ1v) is 8.66. The Bertz CT molecular complexity index is 718. The average Bonchev–Trinajstić information content (AvgIpc) is 3.35. The topological polar surface area (TPSA) is 62.5 Å². The van der Waals surface area contributed by atoms with Crippen LogP contribution in [-0.4, -0.2) is 52.0 Å². The van der Waals surface area contributed by atoms with Crippen LogP contribution in [0.25, 0.3) is 11.4 Å². The maximum Gasteiger partial charge on any atom is 0.241 e. The molecular weight excluding hydrogens is 328 g/mol. The van der Waals surface area contributed by atoms with Gasteiger partial charge in [-0.15, -0.1) is 0 Å². The fraction of sp³-hybridized carbons (Fsp3) is 0.471. The van der Waals surface area contributed by atoms with E-state index in [9.17, 15) is 4.79 Å². The molecule has 1 amide bonds. The molecule has 1 saturated carbocycles. The molecule has 1 aromatic heterocycles. The van der Waals surface area contributed by atoms with E-state index in [1.165, 1.54) is 0 Å². The van der Waals surface area contributed by atoms with E-state index in [0.29, 0.717) is 35.1 Å². The van der Waals surface area contributed by atoms with Crippen LogP contribution in [0.4, 0.5) is 0 Å². The van der Waals surface area contributed by atoms with Gasteiger partial charge in [0.25, 0.3) is 0 Å². The molecule has 2 aliphatic rings. The molecule has 2 fully saturated rings. The molecule has 1 aliphatic heterocycles. The molecule has 2 aromatic rings. The fourth-order valence-corrected chi connectivity index (χ4v) is 3.07. The quantitative estimate of drug-likeness (QED) is 0.851. The third-order valence-corrected chi connectivity index (χ3v) is 4.79. The molecule has 1 aromatic carbocycles. The smallest absolute Gasteiger partial charge is 0.241 e. The molecule has 0 atom stereocenters. The van der Waals surface area contributed by atoms with Crippen molar-refractivity contribution in [2.75, 3.05) is 26.2 Å². The Hall–Kier alpha value is -1.92. The van der Waals surface area contributed by atoms with E-state index in [2.05, 4.69) is 15.0 Å². The number of aromatic nitrogens is 2. The van der Waals surface area contributed by atoms with Crippen molar-refractivity contribution in [2.24, 2.45) is 5.92 Å². The van der Waals surface area contributed by atoms with Crippen molar-refractivity contribution in [3.63, 3.8) is 0 Å². The lowest BCUT2D eigenvalue weighted by Crippen LogP contribution is -2.48. The summed E-state index contributed by atoms with van der Waals surface area (Å²) in [5.41, 5.74) is 0.884. The first kappa shape index (κ1) is 15.6. The Morgan fingerprint density at radius 2 is 1.88 bits per heavy atom. The number of hydrogen-bond acceptors (Lipinski definition) is 5. The first-order valence-electron chi connectivity index (χ1n) is 8.29.